The Bertz CT molecular complexity index is 54.5. The van der Waals surface area contributed by atoms with Gasteiger partial charge in [-0.3, -0.25) is 0 Å². The maximum Gasteiger partial charge on any atom is 0.0701 e. The molecule has 0 spiro atoms. The van der Waals surface area contributed by atoms with E-state index in [4.69, 9.17) is 19.7 Å². The quantitative estimate of drug-likeness (QED) is 0.447. The second-order valence-electron chi connectivity index (χ2n) is 1.67. The third-order valence-electron chi connectivity index (χ3n) is 0.843. The molecular formula is C6H14MoO4. The van der Waals surface area contributed by atoms with Crippen LogP contribution in [0, 0.1) is 0 Å². The number of aliphatic hydroxyl groups excluding tert-OH is 2. The minimum absolute atomic E-state index is 0. The van der Waals surface area contributed by atoms with Gasteiger partial charge in [-0.05, 0) is 0 Å². The van der Waals surface area contributed by atoms with E-state index in [0.29, 0.717) is 26.4 Å². The van der Waals surface area contributed by atoms with Crippen molar-refractivity contribution >= 4 is 0 Å². The molecule has 0 aromatic heterocycles. The molecule has 0 aliphatic heterocycles. The van der Waals surface area contributed by atoms with E-state index in [1.165, 1.54) is 0 Å². The second-order valence-corrected chi connectivity index (χ2v) is 1.67. The summed E-state index contributed by atoms with van der Waals surface area (Å²) in [4.78, 5) is 0. The van der Waals surface area contributed by atoms with E-state index in [2.05, 4.69) is 0 Å². The Balaban J connectivity index is 0. The molecule has 0 unspecified atom stereocenters. The monoisotopic (exact) mass is 248 g/mol. The summed E-state index contributed by atoms with van der Waals surface area (Å²) in [5.41, 5.74) is 0. The van der Waals surface area contributed by atoms with Crippen molar-refractivity contribution in [1.29, 1.82) is 0 Å². The second kappa shape index (κ2) is 13.1. The molecule has 0 aromatic rings. The summed E-state index contributed by atoms with van der Waals surface area (Å²) in [6, 6.07) is 0. The Morgan fingerprint density at radius 2 is 1.09 bits per heavy atom. The van der Waals surface area contributed by atoms with E-state index in [-0.39, 0.29) is 34.3 Å². The van der Waals surface area contributed by atoms with Crippen molar-refractivity contribution < 1.29 is 40.8 Å². The van der Waals surface area contributed by atoms with E-state index >= 15 is 0 Å². The van der Waals surface area contributed by atoms with Crippen LogP contribution in [0.2, 0.25) is 0 Å². The first-order valence-corrected chi connectivity index (χ1v) is 3.29. The molecule has 0 amide bonds. The predicted molar refractivity (Wildman–Crippen MR) is 35.8 cm³/mol. The zero-order valence-corrected chi connectivity index (χ0v) is 8.37. The first kappa shape index (κ1) is 14.1. The molecule has 0 aromatic carbocycles. The molecule has 0 saturated carbocycles. The minimum Gasteiger partial charge on any atom is -0.394 e. The summed E-state index contributed by atoms with van der Waals surface area (Å²) in [7, 11) is 0. The van der Waals surface area contributed by atoms with Gasteiger partial charge < -0.3 is 19.7 Å². The molecule has 0 saturated heterocycles. The van der Waals surface area contributed by atoms with Crippen LogP contribution in [0.15, 0.2) is 0 Å². The van der Waals surface area contributed by atoms with Gasteiger partial charge in [0.15, 0.2) is 0 Å². The van der Waals surface area contributed by atoms with Crippen LogP contribution in [0.25, 0.3) is 0 Å². The first-order chi connectivity index (χ1) is 4.91. The molecule has 0 aliphatic rings. The van der Waals surface area contributed by atoms with Gasteiger partial charge in [-0.15, -0.1) is 0 Å². The maximum atomic E-state index is 8.26. The predicted octanol–water partition coefficient (Wildman–Crippen LogP) is -0.998. The molecule has 11 heavy (non-hydrogen) atoms. The number of hydrogen-bond donors (Lipinski definition) is 2. The standard InChI is InChI=1S/C6H14O4.Mo/c7-1-3-9-5-6-10-4-2-8;/h7-8H,1-6H2;. The third kappa shape index (κ3) is 13.5. The SMILES string of the molecule is OCCOCCOCCO.[Mo]. The van der Waals surface area contributed by atoms with Crippen LogP contribution in [0.4, 0.5) is 0 Å². The molecule has 0 radical (unpaired) electrons. The zero-order valence-electron chi connectivity index (χ0n) is 6.36. The number of aliphatic hydroxyl groups is 2. The molecule has 0 rings (SSSR count). The summed E-state index contributed by atoms with van der Waals surface area (Å²) in [6.07, 6.45) is 0. The Morgan fingerprint density at radius 1 is 0.727 bits per heavy atom. The molecule has 0 fully saturated rings. The summed E-state index contributed by atoms with van der Waals surface area (Å²) in [5.74, 6) is 0. The molecular weight excluding hydrogens is 232 g/mol. The first-order valence-electron chi connectivity index (χ1n) is 3.29. The third-order valence-corrected chi connectivity index (χ3v) is 0.843. The van der Waals surface area contributed by atoms with Gasteiger partial charge >= 0.3 is 0 Å². The molecule has 5 heteroatoms. The summed E-state index contributed by atoms with van der Waals surface area (Å²) in [5, 5.41) is 16.5. The maximum absolute atomic E-state index is 8.26. The van der Waals surface area contributed by atoms with Crippen LogP contribution < -0.4 is 0 Å². The Morgan fingerprint density at radius 3 is 1.36 bits per heavy atom. The average Bonchev–Trinajstić information content (AvgIpc) is 1.97. The average molecular weight is 246 g/mol. The Kier molecular flexibility index (Phi) is 16.8. The summed E-state index contributed by atoms with van der Waals surface area (Å²) in [6.45, 7) is 1.73. The van der Waals surface area contributed by atoms with Gasteiger partial charge in [-0.1, -0.05) is 0 Å². The van der Waals surface area contributed by atoms with Gasteiger partial charge in [0.1, 0.15) is 0 Å². The van der Waals surface area contributed by atoms with Crippen molar-refractivity contribution in [2.75, 3.05) is 39.6 Å². The van der Waals surface area contributed by atoms with E-state index in [0.717, 1.165) is 0 Å². The zero-order chi connectivity index (χ0) is 7.66. The van der Waals surface area contributed by atoms with Crippen LogP contribution in [-0.2, 0) is 30.5 Å². The molecule has 0 atom stereocenters. The van der Waals surface area contributed by atoms with Gasteiger partial charge in [-0.2, -0.15) is 0 Å². The van der Waals surface area contributed by atoms with E-state index < -0.39 is 0 Å². The van der Waals surface area contributed by atoms with Crippen molar-refractivity contribution in [3.05, 3.63) is 0 Å². The van der Waals surface area contributed by atoms with Crippen molar-refractivity contribution in [2.45, 2.75) is 0 Å². The van der Waals surface area contributed by atoms with Crippen molar-refractivity contribution in [2.24, 2.45) is 0 Å². The van der Waals surface area contributed by atoms with Crippen molar-refractivity contribution in [3.8, 4) is 0 Å². The molecule has 0 aliphatic carbocycles. The van der Waals surface area contributed by atoms with Crippen LogP contribution in [0.1, 0.15) is 0 Å². The topological polar surface area (TPSA) is 58.9 Å². The number of rotatable bonds is 7. The van der Waals surface area contributed by atoms with E-state index in [9.17, 15) is 0 Å². The number of hydrogen-bond acceptors (Lipinski definition) is 4. The van der Waals surface area contributed by atoms with Gasteiger partial charge in [0, 0.05) is 21.1 Å². The largest absolute Gasteiger partial charge is 0.394 e. The Hall–Kier alpha value is 0.528. The van der Waals surface area contributed by atoms with E-state index in [1.807, 2.05) is 0 Å². The fraction of sp³-hybridized carbons (Fsp3) is 1.00. The van der Waals surface area contributed by atoms with Crippen molar-refractivity contribution in [1.82, 2.24) is 0 Å². The van der Waals surface area contributed by atoms with Crippen molar-refractivity contribution in [3.63, 3.8) is 0 Å². The minimum atomic E-state index is 0. The molecule has 4 nitrogen and oxygen atoms in total. The fourth-order valence-corrected chi connectivity index (χ4v) is 0.451. The van der Waals surface area contributed by atoms with Crippen LogP contribution in [0.5, 0.6) is 0 Å². The van der Waals surface area contributed by atoms with E-state index in [1.54, 1.807) is 0 Å². The summed E-state index contributed by atoms with van der Waals surface area (Å²) < 4.78 is 9.75. The van der Waals surface area contributed by atoms with Gasteiger partial charge in [0.2, 0.25) is 0 Å². The summed E-state index contributed by atoms with van der Waals surface area (Å²) >= 11 is 0. The normalized spacial score (nSPS) is 9.27. The van der Waals surface area contributed by atoms with Gasteiger partial charge in [0.05, 0.1) is 39.6 Å². The molecule has 2 N–H and O–H groups in total. The molecule has 68 valence electrons. The smallest absolute Gasteiger partial charge is 0.0701 e. The Labute approximate surface area is 80.8 Å². The number of ether oxygens (including phenoxy) is 2. The van der Waals surface area contributed by atoms with Crippen LogP contribution >= 0.6 is 0 Å². The van der Waals surface area contributed by atoms with Gasteiger partial charge in [0.25, 0.3) is 0 Å². The molecule has 0 bridgehead atoms. The van der Waals surface area contributed by atoms with Crippen LogP contribution in [0.3, 0.4) is 0 Å². The fourth-order valence-electron chi connectivity index (χ4n) is 0.451. The van der Waals surface area contributed by atoms with Gasteiger partial charge in [-0.25, -0.2) is 0 Å². The van der Waals surface area contributed by atoms with Crippen LogP contribution in [-0.4, -0.2) is 49.9 Å². The molecule has 0 heterocycles.